The van der Waals surface area contributed by atoms with Crippen LogP contribution in [0.15, 0.2) is 24.3 Å². The van der Waals surface area contributed by atoms with Crippen molar-refractivity contribution >= 4 is 11.7 Å². The molecular weight excluding hydrogens is 250 g/mol. The standard InChI is InChI=1S/C17H23NO2/c1-12(10-17(19)20)15-11-18(13-6-2-3-7-13)16-9-5-4-8-14(15)16/h4-5,8-9,12-13,15H,2-3,6-7,10-11H2,1H3,(H,19,20). The number of para-hydroxylation sites is 1. The summed E-state index contributed by atoms with van der Waals surface area (Å²) in [6, 6.07) is 9.25. The van der Waals surface area contributed by atoms with Crippen LogP contribution in [0.5, 0.6) is 0 Å². The molecule has 0 aromatic heterocycles. The fourth-order valence-corrected chi connectivity index (χ4v) is 3.94. The summed E-state index contributed by atoms with van der Waals surface area (Å²) in [5.74, 6) is -0.128. The highest BCUT2D eigenvalue weighted by Gasteiger charge is 2.36. The molecule has 0 spiro atoms. The van der Waals surface area contributed by atoms with Crippen molar-refractivity contribution in [2.24, 2.45) is 5.92 Å². The van der Waals surface area contributed by atoms with Gasteiger partial charge >= 0.3 is 5.97 Å². The minimum Gasteiger partial charge on any atom is -0.481 e. The van der Waals surface area contributed by atoms with Gasteiger partial charge in [-0.2, -0.15) is 0 Å². The number of carboxylic acids is 1. The van der Waals surface area contributed by atoms with Crippen LogP contribution < -0.4 is 4.90 Å². The lowest BCUT2D eigenvalue weighted by atomic mass is 9.87. The van der Waals surface area contributed by atoms with Crippen LogP contribution in [0.25, 0.3) is 0 Å². The number of hydrogen-bond acceptors (Lipinski definition) is 2. The SMILES string of the molecule is CC(CC(=O)O)C1CN(C2CCCC2)c2ccccc21. The van der Waals surface area contributed by atoms with Crippen LogP contribution in [0.3, 0.4) is 0 Å². The highest BCUT2D eigenvalue weighted by molar-refractivity contribution is 5.68. The van der Waals surface area contributed by atoms with Gasteiger partial charge in [-0.1, -0.05) is 38.0 Å². The van der Waals surface area contributed by atoms with Gasteiger partial charge in [-0.05, 0) is 30.4 Å². The van der Waals surface area contributed by atoms with E-state index < -0.39 is 5.97 Å². The Balaban J connectivity index is 1.85. The zero-order valence-corrected chi connectivity index (χ0v) is 12.1. The molecule has 1 aromatic rings. The van der Waals surface area contributed by atoms with Gasteiger partial charge in [0.2, 0.25) is 0 Å². The molecule has 0 bridgehead atoms. The fourth-order valence-electron chi connectivity index (χ4n) is 3.94. The molecule has 2 aliphatic rings. The summed E-state index contributed by atoms with van der Waals surface area (Å²) < 4.78 is 0. The Bertz CT molecular complexity index is 494. The Hall–Kier alpha value is -1.51. The molecule has 0 amide bonds. The Morgan fingerprint density at radius 1 is 1.35 bits per heavy atom. The second-order valence-corrected chi connectivity index (χ2v) is 6.33. The van der Waals surface area contributed by atoms with E-state index in [9.17, 15) is 4.79 Å². The molecule has 3 nitrogen and oxygen atoms in total. The zero-order chi connectivity index (χ0) is 14.1. The highest BCUT2D eigenvalue weighted by Crippen LogP contribution is 2.44. The van der Waals surface area contributed by atoms with E-state index in [1.54, 1.807) is 0 Å². The maximum atomic E-state index is 11.0. The summed E-state index contributed by atoms with van der Waals surface area (Å²) in [5.41, 5.74) is 2.70. The van der Waals surface area contributed by atoms with E-state index in [4.69, 9.17) is 5.11 Å². The maximum Gasteiger partial charge on any atom is 0.303 e. The lowest BCUT2D eigenvalue weighted by Crippen LogP contribution is -2.33. The van der Waals surface area contributed by atoms with Gasteiger partial charge in [0.05, 0.1) is 0 Å². The number of nitrogens with zero attached hydrogens (tertiary/aromatic N) is 1. The molecule has 3 heteroatoms. The van der Waals surface area contributed by atoms with Gasteiger partial charge in [-0.15, -0.1) is 0 Å². The first-order valence-corrected chi connectivity index (χ1v) is 7.74. The van der Waals surface area contributed by atoms with Crippen LogP contribution >= 0.6 is 0 Å². The normalized spacial score (nSPS) is 23.9. The van der Waals surface area contributed by atoms with Crippen molar-refractivity contribution in [3.63, 3.8) is 0 Å². The van der Waals surface area contributed by atoms with Crippen LogP contribution in [-0.4, -0.2) is 23.7 Å². The minimum atomic E-state index is -0.686. The van der Waals surface area contributed by atoms with Gasteiger partial charge < -0.3 is 10.0 Å². The van der Waals surface area contributed by atoms with Crippen molar-refractivity contribution in [2.45, 2.75) is 51.0 Å². The Labute approximate surface area is 120 Å². The Morgan fingerprint density at radius 3 is 2.75 bits per heavy atom. The first-order chi connectivity index (χ1) is 9.66. The Morgan fingerprint density at radius 2 is 2.05 bits per heavy atom. The maximum absolute atomic E-state index is 11.0. The molecule has 3 rings (SSSR count). The van der Waals surface area contributed by atoms with E-state index in [-0.39, 0.29) is 12.3 Å². The van der Waals surface area contributed by atoms with Crippen molar-refractivity contribution in [2.75, 3.05) is 11.4 Å². The van der Waals surface area contributed by atoms with Gasteiger partial charge in [-0.25, -0.2) is 0 Å². The summed E-state index contributed by atoms with van der Waals surface area (Å²) in [5, 5.41) is 9.06. The summed E-state index contributed by atoms with van der Waals surface area (Å²) in [7, 11) is 0. The lowest BCUT2D eigenvalue weighted by Gasteiger charge is -2.28. The van der Waals surface area contributed by atoms with Gasteiger partial charge in [0, 0.05) is 30.6 Å². The van der Waals surface area contributed by atoms with E-state index >= 15 is 0 Å². The molecule has 108 valence electrons. The Kier molecular flexibility index (Phi) is 3.68. The molecule has 2 atom stereocenters. The van der Waals surface area contributed by atoms with Crippen LogP contribution in [0, 0.1) is 5.92 Å². The minimum absolute atomic E-state index is 0.194. The molecule has 1 saturated carbocycles. The second-order valence-electron chi connectivity index (χ2n) is 6.33. The molecule has 20 heavy (non-hydrogen) atoms. The summed E-state index contributed by atoms with van der Waals surface area (Å²) >= 11 is 0. The second kappa shape index (κ2) is 5.47. The summed E-state index contributed by atoms with van der Waals surface area (Å²) in [4.78, 5) is 13.5. The van der Waals surface area contributed by atoms with E-state index in [0.29, 0.717) is 12.0 Å². The molecule has 0 saturated heterocycles. The van der Waals surface area contributed by atoms with Crippen molar-refractivity contribution in [1.82, 2.24) is 0 Å². The van der Waals surface area contributed by atoms with Crippen LogP contribution in [0.2, 0.25) is 0 Å². The highest BCUT2D eigenvalue weighted by atomic mass is 16.4. The predicted molar refractivity (Wildman–Crippen MR) is 80.2 cm³/mol. The van der Waals surface area contributed by atoms with E-state index in [1.807, 2.05) is 0 Å². The number of anilines is 1. The number of benzene rings is 1. The smallest absolute Gasteiger partial charge is 0.303 e. The summed E-state index contributed by atoms with van der Waals surface area (Å²) in [6.45, 7) is 3.08. The third kappa shape index (κ3) is 2.41. The van der Waals surface area contributed by atoms with E-state index in [2.05, 4.69) is 36.1 Å². The monoisotopic (exact) mass is 273 g/mol. The van der Waals surface area contributed by atoms with Gasteiger partial charge in [0.1, 0.15) is 0 Å². The van der Waals surface area contributed by atoms with Crippen molar-refractivity contribution < 1.29 is 9.90 Å². The third-order valence-corrected chi connectivity index (χ3v) is 4.99. The molecule has 1 aliphatic heterocycles. The van der Waals surface area contributed by atoms with Crippen LogP contribution in [0.1, 0.15) is 50.5 Å². The average molecular weight is 273 g/mol. The van der Waals surface area contributed by atoms with Crippen molar-refractivity contribution in [3.05, 3.63) is 29.8 Å². The molecule has 2 unspecified atom stereocenters. The molecule has 0 radical (unpaired) electrons. The molecule has 1 aromatic carbocycles. The third-order valence-electron chi connectivity index (χ3n) is 4.99. The van der Waals surface area contributed by atoms with Gasteiger partial charge in [0.25, 0.3) is 0 Å². The molecule has 1 aliphatic carbocycles. The number of aliphatic carboxylic acids is 1. The van der Waals surface area contributed by atoms with Gasteiger partial charge in [0.15, 0.2) is 0 Å². The predicted octanol–water partition coefficient (Wildman–Crippen LogP) is 3.64. The van der Waals surface area contributed by atoms with E-state index in [0.717, 1.165) is 6.54 Å². The molecule has 1 fully saturated rings. The van der Waals surface area contributed by atoms with E-state index in [1.165, 1.54) is 36.9 Å². The zero-order valence-electron chi connectivity index (χ0n) is 12.1. The molecule has 1 N–H and O–H groups in total. The quantitative estimate of drug-likeness (QED) is 0.910. The number of carbonyl (C=O) groups is 1. The van der Waals surface area contributed by atoms with Crippen molar-refractivity contribution in [3.8, 4) is 0 Å². The number of hydrogen-bond donors (Lipinski definition) is 1. The number of rotatable bonds is 4. The van der Waals surface area contributed by atoms with Crippen LogP contribution in [-0.2, 0) is 4.79 Å². The fraction of sp³-hybridized carbons (Fsp3) is 0.588. The largest absolute Gasteiger partial charge is 0.481 e. The molecule has 1 heterocycles. The summed E-state index contributed by atoms with van der Waals surface area (Å²) in [6.07, 6.45) is 5.50. The average Bonchev–Trinajstić information content (AvgIpc) is 3.04. The topological polar surface area (TPSA) is 40.5 Å². The number of fused-ring (bicyclic) bond motifs is 1. The van der Waals surface area contributed by atoms with Crippen molar-refractivity contribution in [1.29, 1.82) is 0 Å². The first-order valence-electron chi connectivity index (χ1n) is 7.74. The van der Waals surface area contributed by atoms with Crippen LogP contribution in [0.4, 0.5) is 5.69 Å². The molecular formula is C17H23NO2. The first kappa shape index (κ1) is 13.5. The van der Waals surface area contributed by atoms with Gasteiger partial charge in [-0.3, -0.25) is 4.79 Å². The lowest BCUT2D eigenvalue weighted by molar-refractivity contribution is -0.138. The number of carboxylic acid groups (broad SMARTS) is 1.